The highest BCUT2D eigenvalue weighted by molar-refractivity contribution is 6.31. The quantitative estimate of drug-likeness (QED) is 0.659. The molecular formula is C17H21ClFNO3. The third kappa shape index (κ3) is 5.82. The zero-order valence-corrected chi connectivity index (χ0v) is 13.7. The molecule has 1 aromatic rings. The average Bonchev–Trinajstić information content (AvgIpc) is 2.78. The van der Waals surface area contributed by atoms with Crippen LogP contribution in [0.2, 0.25) is 5.02 Å². The molecule has 0 radical (unpaired) electrons. The molecule has 0 atom stereocenters. The Balaban J connectivity index is 1.76. The number of ether oxygens (including phenoxy) is 1. The van der Waals surface area contributed by atoms with Crippen LogP contribution in [0.1, 0.15) is 44.1 Å². The fourth-order valence-electron chi connectivity index (χ4n) is 2.74. The third-order valence-electron chi connectivity index (χ3n) is 3.97. The molecule has 1 aliphatic rings. The van der Waals surface area contributed by atoms with Crippen LogP contribution in [0.5, 0.6) is 0 Å². The number of carbonyl (C=O) groups is 2. The summed E-state index contributed by atoms with van der Waals surface area (Å²) in [4.78, 5) is 23.6. The second kappa shape index (κ2) is 8.87. The Morgan fingerprint density at radius 3 is 2.57 bits per heavy atom. The maximum atomic E-state index is 13.6. The summed E-state index contributed by atoms with van der Waals surface area (Å²) in [7, 11) is 0. The summed E-state index contributed by atoms with van der Waals surface area (Å²) in [6.07, 6.45) is 6.25. The van der Waals surface area contributed by atoms with Gasteiger partial charge < -0.3 is 10.1 Å². The van der Waals surface area contributed by atoms with Crippen LogP contribution in [-0.4, -0.2) is 24.5 Å². The van der Waals surface area contributed by atoms with Crippen LogP contribution in [0, 0.1) is 5.82 Å². The molecule has 1 saturated carbocycles. The molecule has 1 fully saturated rings. The Morgan fingerprint density at radius 1 is 1.22 bits per heavy atom. The van der Waals surface area contributed by atoms with Gasteiger partial charge in [0.1, 0.15) is 5.82 Å². The molecule has 0 saturated heterocycles. The van der Waals surface area contributed by atoms with Crippen molar-refractivity contribution in [3.8, 4) is 0 Å². The van der Waals surface area contributed by atoms with Gasteiger partial charge in [0.2, 0.25) is 0 Å². The van der Waals surface area contributed by atoms with Crippen molar-refractivity contribution >= 4 is 23.5 Å². The van der Waals surface area contributed by atoms with E-state index in [0.717, 1.165) is 25.7 Å². The van der Waals surface area contributed by atoms with Gasteiger partial charge in [-0.2, -0.15) is 0 Å². The molecule has 0 aliphatic heterocycles. The molecule has 23 heavy (non-hydrogen) atoms. The monoisotopic (exact) mass is 341 g/mol. The Morgan fingerprint density at radius 2 is 1.91 bits per heavy atom. The van der Waals surface area contributed by atoms with Crippen LogP contribution in [0.15, 0.2) is 18.2 Å². The van der Waals surface area contributed by atoms with Crippen molar-refractivity contribution < 1.29 is 18.7 Å². The fraction of sp³-hybridized carbons (Fsp3) is 0.529. The molecule has 0 aromatic heterocycles. The van der Waals surface area contributed by atoms with E-state index in [-0.39, 0.29) is 35.6 Å². The summed E-state index contributed by atoms with van der Waals surface area (Å²) < 4.78 is 18.5. The topological polar surface area (TPSA) is 55.4 Å². The van der Waals surface area contributed by atoms with Gasteiger partial charge in [-0.25, -0.2) is 4.39 Å². The second-order valence-electron chi connectivity index (χ2n) is 5.79. The van der Waals surface area contributed by atoms with Crippen molar-refractivity contribution in [1.82, 2.24) is 5.32 Å². The molecule has 0 unspecified atom stereocenters. The Bertz CT molecular complexity index is 537. The van der Waals surface area contributed by atoms with Crippen molar-refractivity contribution in [3.63, 3.8) is 0 Å². The van der Waals surface area contributed by atoms with E-state index in [9.17, 15) is 14.0 Å². The van der Waals surface area contributed by atoms with Gasteiger partial charge in [0.05, 0.1) is 6.42 Å². The number of hydrogen-bond donors (Lipinski definition) is 1. The van der Waals surface area contributed by atoms with E-state index in [4.69, 9.17) is 16.3 Å². The van der Waals surface area contributed by atoms with Crippen molar-refractivity contribution in [2.75, 3.05) is 6.61 Å². The number of amides is 1. The number of halogens is 2. The van der Waals surface area contributed by atoms with Crippen LogP contribution in [-0.2, 0) is 20.7 Å². The van der Waals surface area contributed by atoms with Gasteiger partial charge in [-0.15, -0.1) is 0 Å². The first-order chi connectivity index (χ1) is 11.1. The zero-order chi connectivity index (χ0) is 16.7. The van der Waals surface area contributed by atoms with Crippen LogP contribution >= 0.6 is 11.6 Å². The number of nitrogens with one attached hydrogen (secondary N) is 1. The van der Waals surface area contributed by atoms with Crippen molar-refractivity contribution in [1.29, 1.82) is 0 Å². The van der Waals surface area contributed by atoms with E-state index in [0.29, 0.717) is 0 Å². The maximum Gasteiger partial charge on any atom is 0.310 e. The average molecular weight is 342 g/mol. The van der Waals surface area contributed by atoms with Crippen molar-refractivity contribution in [2.24, 2.45) is 0 Å². The molecular weight excluding hydrogens is 321 g/mol. The van der Waals surface area contributed by atoms with Gasteiger partial charge in [0.25, 0.3) is 5.91 Å². The smallest absolute Gasteiger partial charge is 0.310 e. The molecule has 0 spiro atoms. The first-order valence-corrected chi connectivity index (χ1v) is 8.32. The van der Waals surface area contributed by atoms with Gasteiger partial charge in [0.15, 0.2) is 6.61 Å². The molecule has 1 aliphatic carbocycles. The van der Waals surface area contributed by atoms with Gasteiger partial charge >= 0.3 is 5.97 Å². The first kappa shape index (κ1) is 17.7. The fourth-order valence-corrected chi connectivity index (χ4v) is 2.97. The number of rotatable bonds is 5. The molecule has 1 amide bonds. The summed E-state index contributed by atoms with van der Waals surface area (Å²) in [5, 5.41) is 3.06. The molecule has 1 N–H and O–H groups in total. The summed E-state index contributed by atoms with van der Waals surface area (Å²) in [5.74, 6) is -1.55. The van der Waals surface area contributed by atoms with Crippen molar-refractivity contribution in [3.05, 3.63) is 34.6 Å². The molecule has 0 heterocycles. The Kier molecular flexibility index (Phi) is 6.84. The highest BCUT2D eigenvalue weighted by atomic mass is 35.5. The lowest BCUT2D eigenvalue weighted by molar-refractivity contribution is -0.148. The SMILES string of the molecule is O=C(COC(=O)Cc1c(F)cccc1Cl)NC1CCCCCC1. The zero-order valence-electron chi connectivity index (χ0n) is 12.9. The first-order valence-electron chi connectivity index (χ1n) is 7.94. The van der Waals surface area contributed by atoms with Gasteiger partial charge in [-0.1, -0.05) is 43.4 Å². The molecule has 4 nitrogen and oxygen atoms in total. The minimum atomic E-state index is -0.673. The van der Waals surface area contributed by atoms with Crippen molar-refractivity contribution in [2.45, 2.75) is 51.0 Å². The third-order valence-corrected chi connectivity index (χ3v) is 4.32. The van der Waals surface area contributed by atoms with E-state index < -0.39 is 11.8 Å². The Labute approximate surface area is 140 Å². The highest BCUT2D eigenvalue weighted by Gasteiger charge is 2.17. The van der Waals surface area contributed by atoms with Gasteiger partial charge in [-0.3, -0.25) is 9.59 Å². The minimum Gasteiger partial charge on any atom is -0.455 e. The number of benzene rings is 1. The standard InChI is InChI=1S/C17H21ClFNO3/c18-14-8-5-9-15(19)13(14)10-17(22)23-11-16(21)20-12-6-3-1-2-4-7-12/h5,8-9,12H,1-4,6-7,10-11H2,(H,20,21). The maximum absolute atomic E-state index is 13.6. The molecule has 0 bridgehead atoms. The lowest BCUT2D eigenvalue weighted by atomic mass is 10.1. The van der Waals surface area contributed by atoms with Gasteiger partial charge in [0, 0.05) is 16.6 Å². The van der Waals surface area contributed by atoms with E-state index >= 15 is 0 Å². The van der Waals surface area contributed by atoms with Crippen LogP contribution in [0.4, 0.5) is 4.39 Å². The summed E-state index contributed by atoms with van der Waals surface area (Å²) in [6.45, 7) is -0.346. The van der Waals surface area contributed by atoms with Gasteiger partial charge in [-0.05, 0) is 25.0 Å². The second-order valence-corrected chi connectivity index (χ2v) is 6.20. The predicted molar refractivity (Wildman–Crippen MR) is 85.7 cm³/mol. The lowest BCUT2D eigenvalue weighted by Gasteiger charge is -2.16. The number of hydrogen-bond acceptors (Lipinski definition) is 3. The van der Waals surface area contributed by atoms with E-state index in [1.165, 1.54) is 31.0 Å². The lowest BCUT2D eigenvalue weighted by Crippen LogP contribution is -2.37. The minimum absolute atomic E-state index is 0.0864. The van der Waals surface area contributed by atoms with E-state index in [1.54, 1.807) is 0 Å². The number of esters is 1. The molecule has 1 aromatic carbocycles. The predicted octanol–water partition coefficient (Wildman–Crippen LogP) is 3.40. The van der Waals surface area contributed by atoms with E-state index in [1.807, 2.05) is 0 Å². The molecule has 2 rings (SSSR count). The van der Waals surface area contributed by atoms with Crippen LogP contribution in [0.3, 0.4) is 0 Å². The molecule has 6 heteroatoms. The molecule has 126 valence electrons. The summed E-state index contributed by atoms with van der Waals surface area (Å²) >= 11 is 5.85. The largest absolute Gasteiger partial charge is 0.455 e. The van der Waals surface area contributed by atoms with E-state index in [2.05, 4.69) is 5.32 Å². The number of carbonyl (C=O) groups excluding carboxylic acids is 2. The van der Waals surface area contributed by atoms with Crippen LogP contribution < -0.4 is 5.32 Å². The normalized spacial score (nSPS) is 15.7. The van der Waals surface area contributed by atoms with Crippen LogP contribution in [0.25, 0.3) is 0 Å². The summed E-state index contributed by atoms with van der Waals surface area (Å²) in [5.41, 5.74) is 0.0864. The summed E-state index contributed by atoms with van der Waals surface area (Å²) in [6, 6.07) is 4.36. The Hall–Kier alpha value is -1.62. The highest BCUT2D eigenvalue weighted by Crippen LogP contribution is 2.20.